The lowest BCUT2D eigenvalue weighted by Crippen LogP contribution is -2.26. The van der Waals surface area contributed by atoms with Gasteiger partial charge >= 0.3 is 0 Å². The Bertz CT molecular complexity index is 378. The molecule has 1 fully saturated rings. The van der Waals surface area contributed by atoms with Gasteiger partial charge in [0.15, 0.2) is 0 Å². The van der Waals surface area contributed by atoms with Gasteiger partial charge in [-0.1, -0.05) is 26.2 Å². The Labute approximate surface area is 112 Å². The first-order chi connectivity index (χ1) is 8.16. The maximum absolute atomic E-state index is 4.44. The predicted octanol–water partition coefficient (Wildman–Crippen LogP) is 4.53. The SMILES string of the molecule is Cc1cc(NC2CCCCCC2C)ncc1Br. The van der Waals surface area contributed by atoms with Crippen molar-refractivity contribution in [1.82, 2.24) is 4.98 Å². The van der Waals surface area contributed by atoms with E-state index in [4.69, 9.17) is 0 Å². The van der Waals surface area contributed by atoms with Gasteiger partial charge in [-0.3, -0.25) is 0 Å². The summed E-state index contributed by atoms with van der Waals surface area (Å²) in [5, 5.41) is 3.61. The smallest absolute Gasteiger partial charge is 0.126 e. The van der Waals surface area contributed by atoms with Gasteiger partial charge in [-0.25, -0.2) is 4.98 Å². The molecule has 1 heterocycles. The zero-order chi connectivity index (χ0) is 12.3. The van der Waals surface area contributed by atoms with Gasteiger partial charge in [-0.05, 0) is 53.2 Å². The Morgan fingerprint density at radius 2 is 2.06 bits per heavy atom. The Morgan fingerprint density at radius 3 is 2.82 bits per heavy atom. The van der Waals surface area contributed by atoms with Crippen LogP contribution in [0, 0.1) is 12.8 Å². The molecular weight excluding hydrogens is 276 g/mol. The van der Waals surface area contributed by atoms with Crippen molar-refractivity contribution in [2.75, 3.05) is 5.32 Å². The third-order valence-corrected chi connectivity index (χ3v) is 4.57. The normalized spacial score (nSPS) is 25.4. The highest BCUT2D eigenvalue weighted by Gasteiger charge is 2.19. The average molecular weight is 297 g/mol. The Balaban J connectivity index is 2.05. The van der Waals surface area contributed by atoms with Crippen molar-refractivity contribution in [1.29, 1.82) is 0 Å². The molecule has 1 aliphatic rings. The molecule has 1 N–H and O–H groups in total. The summed E-state index contributed by atoms with van der Waals surface area (Å²) in [6, 6.07) is 2.72. The lowest BCUT2D eigenvalue weighted by Gasteiger charge is -2.23. The number of halogens is 1. The fourth-order valence-electron chi connectivity index (χ4n) is 2.52. The minimum absolute atomic E-state index is 0.588. The van der Waals surface area contributed by atoms with Crippen LogP contribution in [-0.4, -0.2) is 11.0 Å². The molecule has 0 aliphatic heterocycles. The molecule has 2 atom stereocenters. The first-order valence-corrected chi connectivity index (χ1v) is 7.35. The largest absolute Gasteiger partial charge is 0.367 e. The van der Waals surface area contributed by atoms with Crippen LogP contribution in [0.3, 0.4) is 0 Å². The predicted molar refractivity (Wildman–Crippen MR) is 76.3 cm³/mol. The van der Waals surface area contributed by atoms with Crippen molar-refractivity contribution in [2.45, 2.75) is 52.0 Å². The van der Waals surface area contributed by atoms with Gasteiger partial charge < -0.3 is 5.32 Å². The van der Waals surface area contributed by atoms with Crippen LogP contribution in [0.1, 0.15) is 44.6 Å². The zero-order valence-corrected chi connectivity index (χ0v) is 12.3. The van der Waals surface area contributed by atoms with Crippen molar-refractivity contribution in [3.8, 4) is 0 Å². The molecule has 2 rings (SSSR count). The quantitative estimate of drug-likeness (QED) is 0.811. The fraction of sp³-hybridized carbons (Fsp3) is 0.643. The first-order valence-electron chi connectivity index (χ1n) is 6.55. The van der Waals surface area contributed by atoms with Crippen molar-refractivity contribution in [2.24, 2.45) is 5.92 Å². The van der Waals surface area contributed by atoms with Crippen molar-refractivity contribution >= 4 is 21.7 Å². The van der Waals surface area contributed by atoms with Crippen molar-refractivity contribution in [3.05, 3.63) is 22.3 Å². The summed E-state index contributed by atoms with van der Waals surface area (Å²) < 4.78 is 1.08. The summed E-state index contributed by atoms with van der Waals surface area (Å²) in [4.78, 5) is 4.44. The lowest BCUT2D eigenvalue weighted by atomic mass is 9.97. The van der Waals surface area contributed by atoms with Crippen LogP contribution in [0.25, 0.3) is 0 Å². The molecule has 0 saturated heterocycles. The minimum Gasteiger partial charge on any atom is -0.367 e. The zero-order valence-electron chi connectivity index (χ0n) is 10.7. The molecule has 0 bridgehead atoms. The van der Waals surface area contributed by atoms with E-state index in [-0.39, 0.29) is 0 Å². The topological polar surface area (TPSA) is 24.9 Å². The summed E-state index contributed by atoms with van der Waals surface area (Å²) in [5.74, 6) is 1.77. The molecule has 0 radical (unpaired) electrons. The van der Waals surface area contributed by atoms with E-state index in [2.05, 4.69) is 46.1 Å². The Kier molecular flexibility index (Phi) is 4.43. The van der Waals surface area contributed by atoms with Gasteiger partial charge in [0.25, 0.3) is 0 Å². The molecule has 0 aromatic carbocycles. The molecule has 0 spiro atoms. The summed E-state index contributed by atoms with van der Waals surface area (Å²) in [6.07, 6.45) is 8.61. The summed E-state index contributed by atoms with van der Waals surface area (Å²) in [6.45, 7) is 4.46. The van der Waals surface area contributed by atoms with E-state index >= 15 is 0 Å². The summed E-state index contributed by atoms with van der Waals surface area (Å²) in [7, 11) is 0. The second-order valence-corrected chi connectivity index (χ2v) is 6.04. The molecule has 2 unspecified atom stereocenters. The number of hydrogen-bond donors (Lipinski definition) is 1. The number of nitrogens with zero attached hydrogens (tertiary/aromatic N) is 1. The maximum Gasteiger partial charge on any atom is 0.126 e. The van der Waals surface area contributed by atoms with Gasteiger partial charge in [0.1, 0.15) is 5.82 Å². The minimum atomic E-state index is 0.588. The number of anilines is 1. The van der Waals surface area contributed by atoms with Crippen LogP contribution < -0.4 is 5.32 Å². The van der Waals surface area contributed by atoms with E-state index in [1.165, 1.54) is 37.7 Å². The summed E-state index contributed by atoms with van der Waals surface area (Å²) >= 11 is 3.49. The highest BCUT2D eigenvalue weighted by Crippen LogP contribution is 2.26. The van der Waals surface area contributed by atoms with Gasteiger partial charge in [0.05, 0.1) is 0 Å². The number of aromatic nitrogens is 1. The van der Waals surface area contributed by atoms with Gasteiger partial charge in [0, 0.05) is 16.7 Å². The third-order valence-electron chi connectivity index (χ3n) is 3.74. The number of hydrogen-bond acceptors (Lipinski definition) is 2. The lowest BCUT2D eigenvalue weighted by molar-refractivity contribution is 0.455. The highest BCUT2D eigenvalue weighted by molar-refractivity contribution is 9.10. The van der Waals surface area contributed by atoms with Gasteiger partial charge in [0.2, 0.25) is 0 Å². The molecule has 94 valence electrons. The number of pyridine rings is 1. The molecule has 2 nitrogen and oxygen atoms in total. The van der Waals surface area contributed by atoms with Crippen LogP contribution >= 0.6 is 15.9 Å². The van der Waals surface area contributed by atoms with Crippen LogP contribution in [0.2, 0.25) is 0 Å². The van der Waals surface area contributed by atoms with Crippen molar-refractivity contribution in [3.63, 3.8) is 0 Å². The van der Waals surface area contributed by atoms with E-state index in [1.54, 1.807) is 0 Å². The maximum atomic E-state index is 4.44. The second-order valence-electron chi connectivity index (χ2n) is 5.18. The van der Waals surface area contributed by atoms with E-state index in [1.807, 2.05) is 6.20 Å². The molecule has 1 saturated carbocycles. The molecule has 17 heavy (non-hydrogen) atoms. The standard InChI is InChI=1S/C14H21BrN2/c1-10-6-4-3-5-7-13(10)17-14-8-11(2)12(15)9-16-14/h8-10,13H,3-7H2,1-2H3,(H,16,17). The Hall–Kier alpha value is -0.570. The monoisotopic (exact) mass is 296 g/mol. The van der Waals surface area contributed by atoms with Crippen LogP contribution in [0.5, 0.6) is 0 Å². The molecule has 0 amide bonds. The van der Waals surface area contributed by atoms with E-state index in [0.29, 0.717) is 6.04 Å². The third kappa shape index (κ3) is 3.44. The van der Waals surface area contributed by atoms with E-state index in [9.17, 15) is 0 Å². The molecular formula is C14H21BrN2. The average Bonchev–Trinajstić information content (AvgIpc) is 2.50. The van der Waals surface area contributed by atoms with Crippen LogP contribution in [0.15, 0.2) is 16.7 Å². The first kappa shape index (κ1) is 12.9. The van der Waals surface area contributed by atoms with Crippen molar-refractivity contribution < 1.29 is 0 Å². The molecule has 3 heteroatoms. The van der Waals surface area contributed by atoms with Crippen LogP contribution in [-0.2, 0) is 0 Å². The summed E-state index contributed by atoms with van der Waals surface area (Å²) in [5.41, 5.74) is 1.24. The Morgan fingerprint density at radius 1 is 1.29 bits per heavy atom. The van der Waals surface area contributed by atoms with Gasteiger partial charge in [-0.15, -0.1) is 0 Å². The molecule has 1 aliphatic carbocycles. The second kappa shape index (κ2) is 5.85. The van der Waals surface area contributed by atoms with E-state index < -0.39 is 0 Å². The number of aryl methyl sites for hydroxylation is 1. The number of rotatable bonds is 2. The molecule has 1 aromatic heterocycles. The molecule has 1 aromatic rings. The van der Waals surface area contributed by atoms with Gasteiger partial charge in [-0.2, -0.15) is 0 Å². The highest BCUT2D eigenvalue weighted by atomic mass is 79.9. The van der Waals surface area contributed by atoms with Crippen LogP contribution in [0.4, 0.5) is 5.82 Å². The fourth-order valence-corrected chi connectivity index (χ4v) is 2.73. The number of nitrogens with one attached hydrogen (secondary N) is 1. The van der Waals surface area contributed by atoms with E-state index in [0.717, 1.165) is 16.2 Å².